The van der Waals surface area contributed by atoms with Crippen LogP contribution in [0.3, 0.4) is 0 Å². The van der Waals surface area contributed by atoms with Gasteiger partial charge in [0.05, 0.1) is 0 Å². The molecule has 0 saturated carbocycles. The second-order valence-electron chi connectivity index (χ2n) is 4.24. The minimum Gasteiger partial charge on any atom is -0.480 e. The lowest BCUT2D eigenvalue weighted by molar-refractivity contribution is -0.155. The number of carboxylic acid groups (broad SMARTS) is 1. The fourth-order valence-corrected chi connectivity index (χ4v) is 2.06. The molecule has 1 fully saturated rings. The average Bonchev–Trinajstić information content (AvgIpc) is 2.87. The van der Waals surface area contributed by atoms with E-state index in [-0.39, 0.29) is 12.5 Å². The third-order valence-electron chi connectivity index (χ3n) is 3.09. The minimum absolute atomic E-state index is 0.0319. The summed E-state index contributed by atoms with van der Waals surface area (Å²) in [5.41, 5.74) is -1.11. The van der Waals surface area contributed by atoms with Crippen molar-refractivity contribution in [3.63, 3.8) is 0 Å². The van der Waals surface area contributed by atoms with E-state index in [1.165, 1.54) is 15.9 Å². The summed E-state index contributed by atoms with van der Waals surface area (Å²) in [7, 11) is 0. The summed E-state index contributed by atoms with van der Waals surface area (Å²) in [4.78, 5) is 24.6. The van der Waals surface area contributed by atoms with Crippen molar-refractivity contribution in [2.24, 2.45) is 0 Å². The van der Waals surface area contributed by atoms with Gasteiger partial charge in [0.2, 0.25) is 5.91 Å². The maximum absolute atomic E-state index is 12.0. The van der Waals surface area contributed by atoms with Crippen molar-refractivity contribution in [2.75, 3.05) is 6.54 Å². The largest absolute Gasteiger partial charge is 0.480 e. The Morgan fingerprint density at radius 2 is 2.29 bits per heavy atom. The molecule has 0 radical (unpaired) electrons. The second-order valence-corrected chi connectivity index (χ2v) is 4.24. The first-order valence-corrected chi connectivity index (χ1v) is 5.29. The highest BCUT2D eigenvalue weighted by atomic mass is 16.4. The van der Waals surface area contributed by atoms with E-state index in [0.29, 0.717) is 19.4 Å². The maximum Gasteiger partial charge on any atom is 0.329 e. The van der Waals surface area contributed by atoms with Crippen molar-refractivity contribution in [2.45, 2.75) is 31.8 Å². The first kappa shape index (κ1) is 11.5. The minimum atomic E-state index is -1.11. The van der Waals surface area contributed by atoms with E-state index in [2.05, 4.69) is 15.5 Å². The molecule has 1 aromatic heterocycles. The van der Waals surface area contributed by atoms with Gasteiger partial charge in [-0.15, -0.1) is 5.10 Å². The van der Waals surface area contributed by atoms with Crippen molar-refractivity contribution in [1.29, 1.82) is 0 Å². The molecule has 0 spiro atoms. The molecule has 1 aromatic rings. The molecule has 2 heterocycles. The van der Waals surface area contributed by atoms with Gasteiger partial charge in [0, 0.05) is 6.54 Å². The molecular weight excluding hydrogens is 226 g/mol. The highest BCUT2D eigenvalue weighted by Crippen LogP contribution is 2.29. The number of nitrogens with zero attached hydrogens (tertiary/aromatic N) is 5. The lowest BCUT2D eigenvalue weighted by Gasteiger charge is -2.31. The first-order valence-electron chi connectivity index (χ1n) is 5.29. The molecule has 1 aliphatic rings. The van der Waals surface area contributed by atoms with Crippen LogP contribution in [0.2, 0.25) is 0 Å². The quantitative estimate of drug-likeness (QED) is 0.736. The lowest BCUT2D eigenvalue weighted by Crippen LogP contribution is -2.51. The number of hydrogen-bond acceptors (Lipinski definition) is 5. The van der Waals surface area contributed by atoms with Crippen molar-refractivity contribution in [3.05, 3.63) is 6.33 Å². The normalized spacial score (nSPS) is 23.9. The van der Waals surface area contributed by atoms with Gasteiger partial charge in [-0.1, -0.05) is 0 Å². The fraction of sp³-hybridized carbons (Fsp3) is 0.667. The maximum atomic E-state index is 12.0. The zero-order chi connectivity index (χ0) is 12.5. The number of amides is 1. The van der Waals surface area contributed by atoms with Gasteiger partial charge >= 0.3 is 5.97 Å². The molecule has 8 heteroatoms. The molecule has 1 aliphatic heterocycles. The van der Waals surface area contributed by atoms with E-state index >= 15 is 0 Å². The number of carboxylic acids is 1. The standard InChI is InChI=1S/C9H13N5O3/c1-9(8(16)17)3-2-4-14(9)7(15)5-13-6-10-11-12-13/h6H,2-5H2,1H3,(H,16,17). The molecule has 17 heavy (non-hydrogen) atoms. The van der Waals surface area contributed by atoms with Crippen LogP contribution in [-0.4, -0.2) is 54.2 Å². The summed E-state index contributed by atoms with van der Waals surface area (Å²) in [5, 5.41) is 19.6. The van der Waals surface area contributed by atoms with Crippen LogP contribution in [0.1, 0.15) is 19.8 Å². The molecule has 92 valence electrons. The number of likely N-dealkylation sites (tertiary alicyclic amines) is 1. The van der Waals surface area contributed by atoms with Gasteiger partial charge in [0.15, 0.2) is 0 Å². The van der Waals surface area contributed by atoms with Crippen molar-refractivity contribution in [3.8, 4) is 0 Å². The summed E-state index contributed by atoms with van der Waals surface area (Å²) in [6.07, 6.45) is 2.50. The lowest BCUT2D eigenvalue weighted by atomic mass is 9.99. The smallest absolute Gasteiger partial charge is 0.329 e. The van der Waals surface area contributed by atoms with Crippen LogP contribution in [0.25, 0.3) is 0 Å². The van der Waals surface area contributed by atoms with Crippen LogP contribution in [0.4, 0.5) is 0 Å². The molecule has 0 aromatic carbocycles. The Morgan fingerprint density at radius 1 is 1.53 bits per heavy atom. The third kappa shape index (κ3) is 1.97. The first-order chi connectivity index (χ1) is 8.04. The van der Waals surface area contributed by atoms with Gasteiger partial charge in [-0.2, -0.15) is 0 Å². The molecule has 1 amide bonds. The molecule has 1 unspecified atom stereocenters. The van der Waals surface area contributed by atoms with E-state index in [9.17, 15) is 14.7 Å². The molecule has 0 aliphatic carbocycles. The molecule has 1 saturated heterocycles. The van der Waals surface area contributed by atoms with E-state index < -0.39 is 11.5 Å². The van der Waals surface area contributed by atoms with Crippen LogP contribution in [-0.2, 0) is 16.1 Å². The van der Waals surface area contributed by atoms with Crippen molar-refractivity contribution in [1.82, 2.24) is 25.1 Å². The summed E-state index contributed by atoms with van der Waals surface area (Å²) in [6.45, 7) is 2.00. The van der Waals surface area contributed by atoms with Gasteiger partial charge < -0.3 is 10.0 Å². The van der Waals surface area contributed by atoms with Crippen molar-refractivity contribution >= 4 is 11.9 Å². The topological polar surface area (TPSA) is 101 Å². The van der Waals surface area contributed by atoms with Gasteiger partial charge in [0.25, 0.3) is 0 Å². The molecular formula is C9H13N5O3. The Labute approximate surface area is 97.2 Å². The van der Waals surface area contributed by atoms with Gasteiger partial charge in [-0.05, 0) is 30.2 Å². The summed E-state index contributed by atoms with van der Waals surface area (Å²) in [5.74, 6) is -1.25. The Morgan fingerprint density at radius 3 is 2.88 bits per heavy atom. The van der Waals surface area contributed by atoms with Crippen molar-refractivity contribution < 1.29 is 14.7 Å². The molecule has 8 nitrogen and oxygen atoms in total. The molecule has 0 bridgehead atoms. The van der Waals surface area contributed by atoms with Crippen LogP contribution in [0.5, 0.6) is 0 Å². The number of rotatable bonds is 3. The molecule has 1 N–H and O–H groups in total. The highest BCUT2D eigenvalue weighted by molar-refractivity contribution is 5.87. The fourth-order valence-electron chi connectivity index (χ4n) is 2.06. The number of carbonyl (C=O) groups is 2. The third-order valence-corrected chi connectivity index (χ3v) is 3.09. The second kappa shape index (κ2) is 4.11. The average molecular weight is 239 g/mol. The van der Waals surface area contributed by atoms with Crippen LogP contribution >= 0.6 is 0 Å². The Balaban J connectivity index is 2.11. The number of hydrogen-bond donors (Lipinski definition) is 1. The molecule has 2 rings (SSSR count). The Bertz CT molecular complexity index is 432. The van der Waals surface area contributed by atoms with E-state index in [4.69, 9.17) is 0 Å². The molecule has 1 atom stereocenters. The number of aromatic nitrogens is 4. The van der Waals surface area contributed by atoms with Crippen LogP contribution in [0, 0.1) is 0 Å². The Hall–Kier alpha value is -1.99. The van der Waals surface area contributed by atoms with E-state index in [1.54, 1.807) is 6.92 Å². The number of tetrazole rings is 1. The summed E-state index contributed by atoms with van der Waals surface area (Å²) < 4.78 is 1.28. The predicted octanol–water partition coefficient (Wildman–Crippen LogP) is -0.861. The monoisotopic (exact) mass is 239 g/mol. The number of carbonyl (C=O) groups excluding carboxylic acids is 1. The van der Waals surface area contributed by atoms with Crippen LogP contribution < -0.4 is 0 Å². The van der Waals surface area contributed by atoms with Gasteiger partial charge in [0.1, 0.15) is 18.4 Å². The van der Waals surface area contributed by atoms with E-state index in [0.717, 1.165) is 0 Å². The predicted molar refractivity (Wildman–Crippen MR) is 54.8 cm³/mol. The Kier molecular flexibility index (Phi) is 2.78. The van der Waals surface area contributed by atoms with Gasteiger partial charge in [-0.3, -0.25) is 4.79 Å². The SMILES string of the molecule is CC1(C(=O)O)CCCN1C(=O)Cn1cnnn1. The number of aliphatic carboxylic acids is 1. The summed E-state index contributed by atoms with van der Waals surface area (Å²) >= 11 is 0. The zero-order valence-corrected chi connectivity index (χ0v) is 9.41. The van der Waals surface area contributed by atoms with E-state index in [1.807, 2.05) is 0 Å². The highest BCUT2D eigenvalue weighted by Gasteiger charge is 2.45. The van der Waals surface area contributed by atoms with Gasteiger partial charge in [-0.25, -0.2) is 9.48 Å². The summed E-state index contributed by atoms with van der Waals surface area (Å²) in [6, 6.07) is 0. The zero-order valence-electron chi connectivity index (χ0n) is 9.41. The van der Waals surface area contributed by atoms with Crippen LogP contribution in [0.15, 0.2) is 6.33 Å².